The van der Waals surface area contributed by atoms with E-state index in [1.807, 2.05) is 0 Å². The molecule has 0 aliphatic carbocycles. The first kappa shape index (κ1) is 12.2. The summed E-state index contributed by atoms with van der Waals surface area (Å²) in [4.78, 5) is 10.5. The lowest BCUT2D eigenvalue weighted by Crippen LogP contribution is -2.52. The maximum atomic E-state index is 12.1. The van der Waals surface area contributed by atoms with Gasteiger partial charge in [-0.15, -0.1) is 0 Å². The number of aliphatic hydroxyl groups is 1. The van der Waals surface area contributed by atoms with Crippen molar-refractivity contribution in [2.45, 2.75) is 18.2 Å². The number of methoxy groups -OCH3 is 1. The first-order valence-corrected chi connectivity index (χ1v) is 3.33. The molecule has 0 aromatic rings. The largest absolute Gasteiger partial charge is 0.469 e. The maximum Gasteiger partial charge on any atom is 0.419 e. The van der Waals surface area contributed by atoms with Crippen molar-refractivity contribution in [3.8, 4) is 0 Å². The summed E-state index contributed by atoms with van der Waals surface area (Å²) >= 11 is 0. The predicted molar refractivity (Wildman–Crippen MR) is 36.7 cm³/mol. The van der Waals surface area contributed by atoms with Crippen LogP contribution in [-0.4, -0.2) is 36.5 Å². The van der Waals surface area contributed by atoms with E-state index < -0.39 is 30.7 Å². The summed E-state index contributed by atoms with van der Waals surface area (Å²) in [5.41, 5.74) is 1.52. The van der Waals surface area contributed by atoms with Crippen LogP contribution in [-0.2, 0) is 9.53 Å². The normalized spacial score (nSPS) is 16.5. The molecule has 0 aliphatic heterocycles. The summed E-state index contributed by atoms with van der Waals surface area (Å²) in [6.07, 6.45) is -6.13. The topological polar surface area (TPSA) is 72.5 Å². The number of alkyl halides is 3. The fourth-order valence-electron chi connectivity index (χ4n) is 0.599. The fraction of sp³-hybridized carbons (Fsp3) is 0.833. The highest BCUT2D eigenvalue weighted by Gasteiger charge is 2.54. The van der Waals surface area contributed by atoms with Crippen LogP contribution in [0.4, 0.5) is 13.2 Å². The summed E-state index contributed by atoms with van der Waals surface area (Å²) in [5.74, 6) is -1.16. The molecule has 7 heteroatoms. The Labute approximate surface area is 72.5 Å². The smallest absolute Gasteiger partial charge is 0.419 e. The van der Waals surface area contributed by atoms with Gasteiger partial charge in [0.1, 0.15) is 0 Å². The highest BCUT2D eigenvalue weighted by Crippen LogP contribution is 2.32. The molecule has 13 heavy (non-hydrogen) atoms. The number of ether oxygens (including phenoxy) is 1. The van der Waals surface area contributed by atoms with Crippen LogP contribution in [0.5, 0.6) is 0 Å². The fourth-order valence-corrected chi connectivity index (χ4v) is 0.599. The minimum Gasteiger partial charge on any atom is -0.469 e. The molecule has 0 saturated heterocycles. The van der Waals surface area contributed by atoms with E-state index in [0.717, 1.165) is 7.11 Å². The van der Waals surface area contributed by atoms with Crippen molar-refractivity contribution < 1.29 is 27.8 Å². The second-order valence-corrected chi connectivity index (χ2v) is 2.49. The van der Waals surface area contributed by atoms with Gasteiger partial charge in [0.25, 0.3) is 0 Å². The van der Waals surface area contributed by atoms with Crippen molar-refractivity contribution in [1.82, 2.24) is 0 Å². The highest BCUT2D eigenvalue weighted by molar-refractivity contribution is 5.70. The number of hydrogen-bond donors (Lipinski definition) is 2. The van der Waals surface area contributed by atoms with Gasteiger partial charge in [0, 0.05) is 6.54 Å². The molecule has 0 radical (unpaired) electrons. The molecule has 0 aromatic heterocycles. The Kier molecular flexibility index (Phi) is 3.68. The predicted octanol–water partition coefficient (Wildman–Crippen LogP) is -0.198. The first-order valence-electron chi connectivity index (χ1n) is 3.33. The van der Waals surface area contributed by atoms with E-state index in [0.29, 0.717) is 0 Å². The second-order valence-electron chi connectivity index (χ2n) is 2.49. The summed E-state index contributed by atoms with van der Waals surface area (Å²) in [6, 6.07) is 0. The van der Waals surface area contributed by atoms with E-state index in [2.05, 4.69) is 4.74 Å². The van der Waals surface area contributed by atoms with E-state index in [4.69, 9.17) is 10.8 Å². The molecule has 0 fully saturated rings. The van der Waals surface area contributed by atoms with Crippen LogP contribution in [0.2, 0.25) is 0 Å². The number of rotatable bonds is 3. The number of nitrogens with two attached hydrogens (primary N) is 1. The minimum absolute atomic E-state index is 0.926. The van der Waals surface area contributed by atoms with Gasteiger partial charge in [-0.2, -0.15) is 13.2 Å². The molecule has 1 atom stereocenters. The second kappa shape index (κ2) is 3.93. The standard InChI is InChI=1S/C6H10F3NO3/c1-13-4(11)2-5(12,3-10)6(7,8)9/h12H,2-3,10H2,1H3/t5-/m1/s1. The number of halogens is 3. The first-order chi connectivity index (χ1) is 5.77. The van der Waals surface area contributed by atoms with Crippen molar-refractivity contribution in [2.75, 3.05) is 13.7 Å². The highest BCUT2D eigenvalue weighted by atomic mass is 19.4. The van der Waals surface area contributed by atoms with Gasteiger partial charge in [-0.3, -0.25) is 4.79 Å². The zero-order valence-corrected chi connectivity index (χ0v) is 6.89. The molecule has 0 saturated carbocycles. The molecule has 3 N–H and O–H groups in total. The van der Waals surface area contributed by atoms with Crippen LogP contribution < -0.4 is 5.73 Å². The maximum absolute atomic E-state index is 12.1. The number of hydrogen-bond acceptors (Lipinski definition) is 4. The van der Waals surface area contributed by atoms with Crippen LogP contribution in [0.15, 0.2) is 0 Å². The third kappa shape index (κ3) is 2.85. The summed E-state index contributed by atoms with van der Waals surface area (Å²) in [7, 11) is 0.926. The van der Waals surface area contributed by atoms with Gasteiger partial charge in [-0.05, 0) is 0 Å². The van der Waals surface area contributed by atoms with Gasteiger partial charge >= 0.3 is 12.1 Å². The lowest BCUT2D eigenvalue weighted by molar-refractivity contribution is -0.258. The van der Waals surface area contributed by atoms with E-state index in [1.165, 1.54) is 0 Å². The molecule has 0 bridgehead atoms. The number of esters is 1. The van der Waals surface area contributed by atoms with Crippen LogP contribution >= 0.6 is 0 Å². The van der Waals surface area contributed by atoms with E-state index >= 15 is 0 Å². The van der Waals surface area contributed by atoms with Crippen molar-refractivity contribution in [1.29, 1.82) is 0 Å². The lowest BCUT2D eigenvalue weighted by Gasteiger charge is -2.27. The van der Waals surface area contributed by atoms with Gasteiger partial charge in [-0.25, -0.2) is 0 Å². The average Bonchev–Trinajstić information content (AvgIpc) is 2.02. The van der Waals surface area contributed by atoms with Crippen LogP contribution in [0.3, 0.4) is 0 Å². The van der Waals surface area contributed by atoms with E-state index in [1.54, 1.807) is 0 Å². The van der Waals surface area contributed by atoms with Crippen LogP contribution in [0.25, 0.3) is 0 Å². The molecule has 0 heterocycles. The third-order valence-corrected chi connectivity index (χ3v) is 1.53. The van der Waals surface area contributed by atoms with Crippen molar-refractivity contribution in [3.63, 3.8) is 0 Å². The quantitative estimate of drug-likeness (QED) is 0.620. The molecular weight excluding hydrogens is 191 g/mol. The molecule has 4 nitrogen and oxygen atoms in total. The molecule has 0 aromatic carbocycles. The molecule has 0 aliphatic rings. The Morgan fingerprint density at radius 3 is 2.23 bits per heavy atom. The monoisotopic (exact) mass is 201 g/mol. The van der Waals surface area contributed by atoms with Crippen molar-refractivity contribution >= 4 is 5.97 Å². The minimum atomic E-state index is -4.93. The number of carbonyl (C=O) groups excluding carboxylic acids is 1. The van der Waals surface area contributed by atoms with Gasteiger partial charge in [0.05, 0.1) is 13.5 Å². The zero-order valence-electron chi connectivity index (χ0n) is 6.89. The molecule has 0 rings (SSSR count). The Morgan fingerprint density at radius 2 is 2.00 bits per heavy atom. The lowest BCUT2D eigenvalue weighted by atomic mass is 9.99. The van der Waals surface area contributed by atoms with Crippen molar-refractivity contribution in [3.05, 3.63) is 0 Å². The number of carbonyl (C=O) groups is 1. The molecule has 0 unspecified atom stereocenters. The van der Waals surface area contributed by atoms with Crippen molar-refractivity contribution in [2.24, 2.45) is 5.73 Å². The SMILES string of the molecule is COC(=O)C[C@@](O)(CN)C(F)(F)F. The van der Waals surface area contributed by atoms with Gasteiger partial charge in [-0.1, -0.05) is 0 Å². The Morgan fingerprint density at radius 1 is 1.54 bits per heavy atom. The zero-order chi connectivity index (χ0) is 10.7. The third-order valence-electron chi connectivity index (χ3n) is 1.53. The Bertz CT molecular complexity index is 194. The summed E-state index contributed by atoms with van der Waals surface area (Å²) in [6.45, 7) is -1.08. The molecule has 78 valence electrons. The van der Waals surface area contributed by atoms with Crippen LogP contribution in [0, 0.1) is 0 Å². The van der Waals surface area contributed by atoms with Crippen LogP contribution in [0.1, 0.15) is 6.42 Å². The summed E-state index contributed by atoms with van der Waals surface area (Å²) in [5, 5.41) is 8.91. The molecule has 0 spiro atoms. The van der Waals surface area contributed by atoms with Gasteiger partial charge < -0.3 is 15.6 Å². The average molecular weight is 201 g/mol. The molecule has 0 amide bonds. The summed E-state index contributed by atoms with van der Waals surface area (Å²) < 4.78 is 40.2. The van der Waals surface area contributed by atoms with E-state index in [-0.39, 0.29) is 0 Å². The Hall–Kier alpha value is -0.820. The van der Waals surface area contributed by atoms with Gasteiger partial charge in [0.15, 0.2) is 5.60 Å². The molecular formula is C6H10F3NO3. The van der Waals surface area contributed by atoms with E-state index in [9.17, 15) is 18.0 Å². The van der Waals surface area contributed by atoms with Gasteiger partial charge in [0.2, 0.25) is 0 Å². The Balaban J connectivity index is 4.56.